The van der Waals surface area contributed by atoms with Crippen LogP contribution in [0.4, 0.5) is 4.79 Å². The Labute approximate surface area is 181 Å². The topological polar surface area (TPSA) is 99.4 Å². The smallest absolute Gasteiger partial charge is 0.404 e. The van der Waals surface area contributed by atoms with Crippen LogP contribution in [0.25, 0.3) is 0 Å². The van der Waals surface area contributed by atoms with E-state index in [9.17, 15) is 14.9 Å². The molecule has 1 aromatic carbocycles. The molecule has 1 aliphatic rings. The van der Waals surface area contributed by atoms with Gasteiger partial charge < -0.3 is 14.8 Å². The number of hydrogen-bond donors (Lipinski definition) is 2. The van der Waals surface area contributed by atoms with Gasteiger partial charge in [-0.05, 0) is 82.8 Å². The lowest BCUT2D eigenvalue weighted by Crippen LogP contribution is -2.51. The molecule has 0 heterocycles. The molecule has 2 N–H and O–H groups in total. The maximum absolute atomic E-state index is 13.6. The molecule has 0 aromatic heterocycles. The lowest BCUT2D eigenvalue weighted by molar-refractivity contribution is 0.0125. The first-order chi connectivity index (χ1) is 13.5. The van der Waals surface area contributed by atoms with Crippen LogP contribution in [0.3, 0.4) is 0 Å². The third-order valence-corrected chi connectivity index (χ3v) is 6.92. The molecule has 158 valence electrons. The highest BCUT2D eigenvalue weighted by atomic mass is 79.9. The number of amides is 1. The number of carboxylic acid groups (broad SMARTS) is 1. The number of carbonyl (C=O) groups excluding carboxylic acids is 1. The van der Waals surface area contributed by atoms with Gasteiger partial charge in [0.15, 0.2) is 14.1 Å². The molecule has 0 unspecified atom stereocenters. The summed E-state index contributed by atoms with van der Waals surface area (Å²) in [5.41, 5.74) is 0.0460. The maximum Gasteiger partial charge on any atom is 0.404 e. The molecule has 1 aliphatic carbocycles. The van der Waals surface area contributed by atoms with Crippen molar-refractivity contribution in [2.24, 2.45) is 5.92 Å². The van der Waals surface area contributed by atoms with Crippen molar-refractivity contribution in [2.45, 2.75) is 70.3 Å². The maximum atomic E-state index is 13.6. The van der Waals surface area contributed by atoms with Gasteiger partial charge in [-0.15, -0.1) is 0 Å². The number of hydrogen-bond acceptors (Lipinski definition) is 4. The van der Waals surface area contributed by atoms with Crippen LogP contribution in [-0.2, 0) is 4.43 Å². The van der Waals surface area contributed by atoms with Crippen LogP contribution in [0.1, 0.15) is 54.9 Å². The monoisotopic (exact) mass is 480 g/mol. The molecule has 1 fully saturated rings. The molecule has 29 heavy (non-hydrogen) atoms. The summed E-state index contributed by atoms with van der Waals surface area (Å²) in [5.74, 6) is 0.274. The average Bonchev–Trinajstić information content (AvgIpc) is 2.61. The molecule has 0 aliphatic heterocycles. The van der Waals surface area contributed by atoms with E-state index >= 15 is 0 Å². The highest BCUT2D eigenvalue weighted by Crippen LogP contribution is 2.41. The number of rotatable bonds is 7. The number of nitrogens with one attached hydrogen (secondary N) is 1. The number of Topliss-reactive ketones (excluding diaryl/α,β-unsaturated/α-hetero) is 1. The van der Waals surface area contributed by atoms with Crippen molar-refractivity contribution < 1.29 is 19.1 Å². The number of benzene rings is 1. The molecule has 6 nitrogen and oxygen atoms in total. The predicted octanol–water partition coefficient (Wildman–Crippen LogP) is 5.33. The van der Waals surface area contributed by atoms with Crippen molar-refractivity contribution in [1.29, 1.82) is 5.26 Å². The Hall–Kier alpha value is -1.69. The van der Waals surface area contributed by atoms with E-state index in [1.807, 2.05) is 6.92 Å². The fourth-order valence-electron chi connectivity index (χ4n) is 4.13. The summed E-state index contributed by atoms with van der Waals surface area (Å²) in [6.45, 7) is 8.10. The first kappa shape index (κ1) is 23.6. The van der Waals surface area contributed by atoms with Crippen molar-refractivity contribution >= 4 is 36.1 Å². The number of nitriles is 1. The molecular formula is C21H29BrN2O4Si. The summed E-state index contributed by atoms with van der Waals surface area (Å²) >= 11 is 3.46. The van der Waals surface area contributed by atoms with Crippen molar-refractivity contribution in [1.82, 2.24) is 5.32 Å². The van der Waals surface area contributed by atoms with Gasteiger partial charge >= 0.3 is 6.09 Å². The number of nitrogens with zero attached hydrogens (tertiary/aromatic N) is 1. The molecule has 1 saturated carbocycles. The third kappa shape index (κ3) is 6.39. The zero-order valence-corrected chi connectivity index (χ0v) is 20.0. The molecule has 0 radical (unpaired) electrons. The van der Waals surface area contributed by atoms with Gasteiger partial charge in [0.25, 0.3) is 0 Å². The molecule has 1 amide bonds. The van der Waals surface area contributed by atoms with Gasteiger partial charge in [-0.25, -0.2) is 4.79 Å². The van der Waals surface area contributed by atoms with E-state index in [0.29, 0.717) is 34.4 Å². The fourth-order valence-corrected chi connectivity index (χ4v) is 6.02. The lowest BCUT2D eigenvalue weighted by Gasteiger charge is -2.43. The van der Waals surface area contributed by atoms with E-state index in [4.69, 9.17) is 9.53 Å². The van der Waals surface area contributed by atoms with Crippen LogP contribution in [0, 0.1) is 17.2 Å². The minimum Gasteiger partial charge on any atom is -0.465 e. The van der Waals surface area contributed by atoms with E-state index in [2.05, 4.69) is 47.0 Å². The van der Waals surface area contributed by atoms with Gasteiger partial charge in [-0.3, -0.25) is 4.79 Å². The molecule has 2 rings (SSSR count). The van der Waals surface area contributed by atoms with Gasteiger partial charge in [-0.2, -0.15) is 5.26 Å². The van der Waals surface area contributed by atoms with Gasteiger partial charge in [-0.1, -0.05) is 15.9 Å². The summed E-state index contributed by atoms with van der Waals surface area (Å²) in [5, 5.41) is 20.6. The van der Waals surface area contributed by atoms with Crippen molar-refractivity contribution in [3.8, 4) is 6.07 Å². The number of carbonyl (C=O) groups is 2. The van der Waals surface area contributed by atoms with Crippen LogP contribution in [0.15, 0.2) is 22.7 Å². The number of halogens is 1. The van der Waals surface area contributed by atoms with Gasteiger partial charge in [0.2, 0.25) is 0 Å². The Bertz CT molecular complexity index is 808. The largest absolute Gasteiger partial charge is 0.465 e. The Morgan fingerprint density at radius 2 is 2.00 bits per heavy atom. The van der Waals surface area contributed by atoms with E-state index < -0.39 is 20.0 Å². The highest BCUT2D eigenvalue weighted by molar-refractivity contribution is 9.10. The van der Waals surface area contributed by atoms with Gasteiger partial charge in [0, 0.05) is 16.1 Å². The Morgan fingerprint density at radius 1 is 1.38 bits per heavy atom. The second-order valence-electron chi connectivity index (χ2n) is 8.87. The SMILES string of the molecule is C[C@@H](CC1CCC(O[Si](C)(C)C)(C(=O)c2cc(C#N)ccc2Br)CC1)NC(=O)O. The minimum atomic E-state index is -2.02. The zero-order valence-electron chi connectivity index (χ0n) is 17.4. The van der Waals surface area contributed by atoms with Crippen LogP contribution in [0.2, 0.25) is 19.6 Å². The summed E-state index contributed by atoms with van der Waals surface area (Å²) in [7, 11) is -2.02. The van der Waals surface area contributed by atoms with Crippen molar-refractivity contribution in [3.63, 3.8) is 0 Å². The molecule has 8 heteroatoms. The van der Waals surface area contributed by atoms with Gasteiger partial charge in [0.1, 0.15) is 5.60 Å². The van der Waals surface area contributed by atoms with Crippen LogP contribution < -0.4 is 5.32 Å². The second kappa shape index (κ2) is 9.41. The lowest BCUT2D eigenvalue weighted by atomic mass is 9.73. The Morgan fingerprint density at radius 3 is 2.52 bits per heavy atom. The molecule has 1 aromatic rings. The van der Waals surface area contributed by atoms with Gasteiger partial charge in [0.05, 0.1) is 11.6 Å². The molecule has 0 bridgehead atoms. The van der Waals surface area contributed by atoms with E-state index in [0.717, 1.165) is 19.3 Å². The summed E-state index contributed by atoms with van der Waals surface area (Å²) in [6.07, 6.45) is 2.54. The molecule has 0 spiro atoms. The molecular weight excluding hydrogens is 452 g/mol. The molecule has 0 saturated heterocycles. The third-order valence-electron chi connectivity index (χ3n) is 5.23. The summed E-state index contributed by atoms with van der Waals surface area (Å²) in [6, 6.07) is 7.02. The number of ketones is 1. The quantitative estimate of drug-likeness (QED) is 0.405. The van der Waals surface area contributed by atoms with E-state index in [1.54, 1.807) is 18.2 Å². The first-order valence-corrected chi connectivity index (χ1v) is 14.1. The summed E-state index contributed by atoms with van der Waals surface area (Å²) in [4.78, 5) is 24.5. The van der Waals surface area contributed by atoms with Crippen LogP contribution in [-0.4, -0.2) is 36.9 Å². The second-order valence-corrected chi connectivity index (χ2v) is 14.2. The predicted molar refractivity (Wildman–Crippen MR) is 118 cm³/mol. The normalized spacial score (nSPS) is 23.1. The zero-order chi connectivity index (χ0) is 21.8. The summed E-state index contributed by atoms with van der Waals surface area (Å²) < 4.78 is 7.17. The van der Waals surface area contributed by atoms with E-state index in [1.165, 1.54) is 0 Å². The van der Waals surface area contributed by atoms with E-state index in [-0.39, 0.29) is 11.8 Å². The molecule has 1 atom stereocenters. The standard InChI is InChI=1S/C21H29BrN2O4Si/c1-14(24-20(26)27)11-15-7-9-21(10-8-15,28-29(2,3)4)19(25)17-12-16(13-23)5-6-18(17)22/h5-6,12,14-15,24H,7-11H2,1-4H3,(H,26,27)/t14-,15?,21?/m0/s1. The highest BCUT2D eigenvalue weighted by Gasteiger charge is 2.46. The van der Waals surface area contributed by atoms with Crippen LogP contribution >= 0.6 is 15.9 Å². The Kier molecular flexibility index (Phi) is 7.66. The van der Waals surface area contributed by atoms with Crippen molar-refractivity contribution in [3.05, 3.63) is 33.8 Å². The Balaban J connectivity index is 2.25. The first-order valence-electron chi connectivity index (χ1n) is 9.90. The van der Waals surface area contributed by atoms with Crippen LogP contribution in [0.5, 0.6) is 0 Å². The average molecular weight is 481 g/mol. The van der Waals surface area contributed by atoms with Crippen molar-refractivity contribution in [2.75, 3.05) is 0 Å². The minimum absolute atomic E-state index is 0.0703. The fraction of sp³-hybridized carbons (Fsp3) is 0.571.